The topological polar surface area (TPSA) is 67.1 Å². The van der Waals surface area contributed by atoms with E-state index in [1.807, 2.05) is 37.3 Å². The van der Waals surface area contributed by atoms with E-state index in [4.69, 9.17) is 23.4 Å². The van der Waals surface area contributed by atoms with Crippen LogP contribution in [0.25, 0.3) is 6.08 Å². The van der Waals surface area contributed by atoms with Crippen LogP contribution in [0.1, 0.15) is 28.8 Å². The third kappa shape index (κ3) is 5.44. The Labute approximate surface area is 175 Å². The standard InChI is InChI=1S/C24H24O6/c1-4-28-18-6-8-19(9-7-18)29-16-21-11-10-20(30-21)12-13-22(25)17-5-14-23(26-2)24(15-17)27-3/h5-15H,4,16H2,1-3H3/b13-12+. The number of methoxy groups -OCH3 is 2. The minimum Gasteiger partial charge on any atom is -0.494 e. The molecule has 0 fully saturated rings. The van der Waals surface area contributed by atoms with E-state index in [1.54, 1.807) is 37.5 Å². The average molecular weight is 408 g/mol. The number of benzene rings is 2. The van der Waals surface area contributed by atoms with Gasteiger partial charge in [0, 0.05) is 5.56 Å². The summed E-state index contributed by atoms with van der Waals surface area (Å²) in [5, 5.41) is 0. The van der Waals surface area contributed by atoms with E-state index in [-0.39, 0.29) is 12.4 Å². The van der Waals surface area contributed by atoms with Crippen LogP contribution in [0.4, 0.5) is 0 Å². The van der Waals surface area contributed by atoms with Crippen LogP contribution in [0, 0.1) is 0 Å². The molecule has 0 N–H and O–H groups in total. The van der Waals surface area contributed by atoms with Crippen LogP contribution >= 0.6 is 0 Å². The first-order valence-electron chi connectivity index (χ1n) is 9.51. The maximum absolute atomic E-state index is 12.4. The summed E-state index contributed by atoms with van der Waals surface area (Å²) in [4.78, 5) is 12.4. The van der Waals surface area contributed by atoms with Gasteiger partial charge in [0.15, 0.2) is 17.3 Å². The number of furan rings is 1. The minimum atomic E-state index is -0.167. The van der Waals surface area contributed by atoms with E-state index >= 15 is 0 Å². The van der Waals surface area contributed by atoms with E-state index in [9.17, 15) is 4.79 Å². The van der Waals surface area contributed by atoms with Crippen molar-refractivity contribution in [3.63, 3.8) is 0 Å². The number of ether oxygens (including phenoxy) is 4. The Balaban J connectivity index is 1.58. The Kier molecular flexibility index (Phi) is 7.16. The van der Waals surface area contributed by atoms with Crippen LogP contribution in [0.2, 0.25) is 0 Å². The smallest absolute Gasteiger partial charge is 0.186 e. The molecule has 0 aliphatic carbocycles. The number of carbonyl (C=O) groups is 1. The fraction of sp³-hybridized carbons (Fsp3) is 0.208. The number of hydrogen-bond acceptors (Lipinski definition) is 6. The quantitative estimate of drug-likeness (QED) is 0.341. The van der Waals surface area contributed by atoms with Crippen LogP contribution < -0.4 is 18.9 Å². The highest BCUT2D eigenvalue weighted by Gasteiger charge is 2.09. The molecule has 0 aliphatic rings. The first-order chi connectivity index (χ1) is 14.6. The number of hydrogen-bond donors (Lipinski definition) is 0. The van der Waals surface area contributed by atoms with Crippen molar-refractivity contribution in [2.24, 2.45) is 0 Å². The zero-order chi connectivity index (χ0) is 21.3. The Bertz CT molecular complexity index is 1000. The van der Waals surface area contributed by atoms with Gasteiger partial charge in [-0.15, -0.1) is 0 Å². The van der Waals surface area contributed by atoms with Crippen molar-refractivity contribution >= 4 is 11.9 Å². The van der Waals surface area contributed by atoms with E-state index < -0.39 is 0 Å². The SMILES string of the molecule is CCOc1ccc(OCc2ccc(/C=C/C(=O)c3ccc(OC)c(OC)c3)o2)cc1. The van der Waals surface area contributed by atoms with Crippen LogP contribution in [0.15, 0.2) is 65.1 Å². The molecule has 3 rings (SSSR count). The Morgan fingerprint density at radius 3 is 2.27 bits per heavy atom. The largest absolute Gasteiger partial charge is 0.494 e. The molecule has 1 aromatic heterocycles. The molecule has 1 heterocycles. The van der Waals surface area contributed by atoms with Crippen molar-refractivity contribution in [2.75, 3.05) is 20.8 Å². The molecular weight excluding hydrogens is 384 g/mol. The van der Waals surface area contributed by atoms with Gasteiger partial charge >= 0.3 is 0 Å². The molecule has 0 bridgehead atoms. The lowest BCUT2D eigenvalue weighted by molar-refractivity contribution is 0.104. The second kappa shape index (κ2) is 10.2. The maximum Gasteiger partial charge on any atom is 0.186 e. The van der Waals surface area contributed by atoms with Gasteiger partial charge in [0.25, 0.3) is 0 Å². The van der Waals surface area contributed by atoms with Gasteiger partial charge in [-0.3, -0.25) is 4.79 Å². The number of rotatable bonds is 10. The van der Waals surface area contributed by atoms with Crippen molar-refractivity contribution in [2.45, 2.75) is 13.5 Å². The molecule has 0 unspecified atom stereocenters. The number of ketones is 1. The van der Waals surface area contributed by atoms with Gasteiger partial charge in [0.05, 0.1) is 20.8 Å². The van der Waals surface area contributed by atoms with E-state index in [1.165, 1.54) is 13.2 Å². The minimum absolute atomic E-state index is 0.167. The van der Waals surface area contributed by atoms with Crippen LogP contribution in [0.5, 0.6) is 23.0 Å². The Hall–Kier alpha value is -3.67. The lowest BCUT2D eigenvalue weighted by Gasteiger charge is -2.07. The summed E-state index contributed by atoms with van der Waals surface area (Å²) in [6, 6.07) is 16.0. The lowest BCUT2D eigenvalue weighted by Crippen LogP contribution is -1.97. The van der Waals surface area contributed by atoms with Gasteiger partial charge in [-0.1, -0.05) is 0 Å². The molecule has 0 amide bonds. The third-order valence-electron chi connectivity index (χ3n) is 4.27. The Morgan fingerprint density at radius 1 is 0.900 bits per heavy atom. The molecule has 0 atom stereocenters. The van der Waals surface area contributed by atoms with Gasteiger partial charge < -0.3 is 23.4 Å². The molecule has 0 saturated carbocycles. The first kappa shape index (κ1) is 21.0. The number of allylic oxidation sites excluding steroid dienone is 1. The van der Waals surface area contributed by atoms with E-state index in [0.29, 0.717) is 35.2 Å². The molecule has 6 nitrogen and oxygen atoms in total. The lowest BCUT2D eigenvalue weighted by atomic mass is 10.1. The first-order valence-corrected chi connectivity index (χ1v) is 9.51. The van der Waals surface area contributed by atoms with Crippen molar-refractivity contribution in [1.82, 2.24) is 0 Å². The van der Waals surface area contributed by atoms with Gasteiger partial charge in [0.2, 0.25) is 0 Å². The highest BCUT2D eigenvalue weighted by Crippen LogP contribution is 2.28. The summed E-state index contributed by atoms with van der Waals surface area (Å²) in [6.07, 6.45) is 3.08. The van der Waals surface area contributed by atoms with E-state index in [2.05, 4.69) is 0 Å². The predicted molar refractivity (Wildman–Crippen MR) is 114 cm³/mol. The molecule has 3 aromatic rings. The second-order valence-corrected chi connectivity index (χ2v) is 6.26. The summed E-state index contributed by atoms with van der Waals surface area (Å²) in [5.41, 5.74) is 0.495. The van der Waals surface area contributed by atoms with Crippen LogP contribution in [0.3, 0.4) is 0 Å². The highest BCUT2D eigenvalue weighted by atomic mass is 16.5. The molecule has 0 saturated heterocycles. The average Bonchev–Trinajstić information content (AvgIpc) is 3.24. The normalized spacial score (nSPS) is 10.8. The number of carbonyl (C=O) groups excluding carboxylic acids is 1. The molecule has 2 aromatic carbocycles. The summed E-state index contributed by atoms with van der Waals surface area (Å²) < 4.78 is 27.2. The van der Waals surface area contributed by atoms with Crippen molar-refractivity contribution in [3.8, 4) is 23.0 Å². The second-order valence-electron chi connectivity index (χ2n) is 6.26. The summed E-state index contributed by atoms with van der Waals surface area (Å²) in [6.45, 7) is 2.84. The van der Waals surface area contributed by atoms with E-state index in [0.717, 1.165) is 11.5 Å². The van der Waals surface area contributed by atoms with Crippen LogP contribution in [-0.4, -0.2) is 26.6 Å². The van der Waals surface area contributed by atoms with Gasteiger partial charge in [-0.25, -0.2) is 0 Å². The molecule has 30 heavy (non-hydrogen) atoms. The van der Waals surface area contributed by atoms with Crippen molar-refractivity contribution in [1.29, 1.82) is 0 Å². The molecule has 156 valence electrons. The van der Waals surface area contributed by atoms with Crippen molar-refractivity contribution in [3.05, 3.63) is 77.8 Å². The molecule has 0 aliphatic heterocycles. The fourth-order valence-electron chi connectivity index (χ4n) is 2.76. The summed E-state index contributed by atoms with van der Waals surface area (Å²) in [7, 11) is 3.08. The third-order valence-corrected chi connectivity index (χ3v) is 4.27. The summed E-state index contributed by atoms with van der Waals surface area (Å²) >= 11 is 0. The molecule has 0 radical (unpaired) electrons. The maximum atomic E-state index is 12.4. The summed E-state index contributed by atoms with van der Waals surface area (Å²) in [5.74, 6) is 3.64. The zero-order valence-electron chi connectivity index (χ0n) is 17.2. The fourth-order valence-corrected chi connectivity index (χ4v) is 2.76. The van der Waals surface area contributed by atoms with Gasteiger partial charge in [-0.2, -0.15) is 0 Å². The monoisotopic (exact) mass is 408 g/mol. The zero-order valence-corrected chi connectivity index (χ0v) is 17.2. The van der Waals surface area contributed by atoms with Crippen LogP contribution in [-0.2, 0) is 6.61 Å². The highest BCUT2D eigenvalue weighted by molar-refractivity contribution is 6.07. The van der Waals surface area contributed by atoms with Gasteiger partial charge in [0.1, 0.15) is 29.6 Å². The molecule has 6 heteroatoms. The predicted octanol–water partition coefficient (Wildman–Crippen LogP) is 5.17. The van der Waals surface area contributed by atoms with Crippen molar-refractivity contribution < 1.29 is 28.2 Å². The van der Waals surface area contributed by atoms with Gasteiger partial charge in [-0.05, 0) is 73.7 Å². The molecular formula is C24H24O6. The Morgan fingerprint density at radius 2 is 1.60 bits per heavy atom. The molecule has 0 spiro atoms.